The van der Waals surface area contributed by atoms with E-state index < -0.39 is 33.9 Å². The molecule has 0 radical (unpaired) electrons. The second-order valence-corrected chi connectivity index (χ2v) is 13.7. The zero-order valence-corrected chi connectivity index (χ0v) is 24.5. The molecule has 8 nitrogen and oxygen atoms in total. The molecule has 1 N–H and O–H groups in total. The Kier molecular flexibility index (Phi) is 9.19. The minimum Gasteiger partial charge on any atom is -0.487 e. The van der Waals surface area contributed by atoms with E-state index in [2.05, 4.69) is 21.2 Å². The second kappa shape index (κ2) is 11.5. The molecule has 0 atom stereocenters. The van der Waals surface area contributed by atoms with Crippen LogP contribution in [0.1, 0.15) is 34.6 Å². The molecule has 0 unspecified atom stereocenters. The molecule has 202 valence electrons. The third-order valence-corrected chi connectivity index (χ3v) is 10.9. The van der Waals surface area contributed by atoms with Gasteiger partial charge in [0.05, 0.1) is 22.8 Å². The number of amides is 1. The number of halogens is 3. The summed E-state index contributed by atoms with van der Waals surface area (Å²) < 4.78 is 83.6. The first-order valence-corrected chi connectivity index (χ1v) is 16.0. The Balaban J connectivity index is 2.11. The van der Waals surface area contributed by atoms with Gasteiger partial charge in [-0.15, -0.1) is 11.3 Å². The Bertz CT molecular complexity index is 1450. The minimum absolute atomic E-state index is 0.0338. The predicted octanol–water partition coefficient (Wildman–Crippen LogP) is 6.32. The van der Waals surface area contributed by atoms with Gasteiger partial charge >= 0.3 is 13.3 Å². The van der Waals surface area contributed by atoms with Gasteiger partial charge in [0.1, 0.15) is 17.2 Å². The topological polar surface area (TPSA) is 108 Å². The molecule has 0 aliphatic carbocycles. The maximum Gasteiger partial charge on any atom is 0.405 e. The maximum absolute atomic E-state index is 15.6. The molecule has 3 aromatic rings. The lowest BCUT2D eigenvalue weighted by Gasteiger charge is -2.25. The number of thiophene rings is 1. The van der Waals surface area contributed by atoms with Crippen molar-refractivity contribution in [2.24, 2.45) is 0 Å². The molecule has 3 rings (SSSR count). The summed E-state index contributed by atoms with van der Waals surface area (Å²) in [5.41, 5.74) is -3.22. The molecule has 1 heterocycles. The molecule has 1 aromatic heterocycles. The number of ether oxygens (including phenoxy) is 1. The van der Waals surface area contributed by atoms with E-state index in [4.69, 9.17) is 13.8 Å². The van der Waals surface area contributed by atoms with E-state index in [1.807, 2.05) is 0 Å². The number of nitrogens with one attached hydrogen (secondary N) is 1. The van der Waals surface area contributed by atoms with Crippen molar-refractivity contribution < 1.29 is 40.3 Å². The van der Waals surface area contributed by atoms with E-state index in [9.17, 15) is 17.8 Å². The van der Waals surface area contributed by atoms with Crippen LogP contribution in [0.4, 0.5) is 8.78 Å². The highest BCUT2D eigenvalue weighted by Gasteiger charge is 2.57. The molecule has 1 amide bonds. The fourth-order valence-corrected chi connectivity index (χ4v) is 8.02. The Hall–Kier alpha value is -1.89. The summed E-state index contributed by atoms with van der Waals surface area (Å²) in [6, 6.07) is 8.85. The zero-order chi connectivity index (χ0) is 27.6. The molecule has 0 saturated carbocycles. The van der Waals surface area contributed by atoms with Gasteiger partial charge in [-0.2, -0.15) is 8.78 Å². The highest BCUT2D eigenvalue weighted by atomic mass is 79.9. The molecule has 0 saturated heterocycles. The molecular weight excluding hydrogens is 615 g/mol. The van der Waals surface area contributed by atoms with Crippen molar-refractivity contribution in [2.45, 2.75) is 31.0 Å². The lowest BCUT2D eigenvalue weighted by Crippen LogP contribution is -2.18. The molecule has 0 bridgehead atoms. The SMILES string of the molecule is CCOP(=O)(OCC)C(F)(F)c1sc2c(OCc3ccc(S(C)(=O)=O)cc3)cc(C(=O)NC)cc2c1Br. The van der Waals surface area contributed by atoms with Crippen LogP contribution in [0.15, 0.2) is 45.8 Å². The summed E-state index contributed by atoms with van der Waals surface area (Å²) in [5, 5.41) is 2.74. The molecule has 0 aliphatic rings. The smallest absolute Gasteiger partial charge is 0.405 e. The summed E-state index contributed by atoms with van der Waals surface area (Å²) in [7, 11) is -6.83. The van der Waals surface area contributed by atoms with Crippen molar-refractivity contribution in [1.82, 2.24) is 5.32 Å². The van der Waals surface area contributed by atoms with Crippen LogP contribution in [0.5, 0.6) is 5.75 Å². The average Bonchev–Trinajstić information content (AvgIpc) is 3.19. The average molecular weight is 640 g/mol. The van der Waals surface area contributed by atoms with Gasteiger partial charge in [-0.3, -0.25) is 9.36 Å². The van der Waals surface area contributed by atoms with Crippen LogP contribution >= 0.6 is 34.9 Å². The fraction of sp³-hybridized carbons (Fsp3) is 0.348. The number of fused-ring (bicyclic) bond motifs is 1. The molecule has 0 spiro atoms. The van der Waals surface area contributed by atoms with Crippen LogP contribution in [-0.2, 0) is 35.7 Å². The molecule has 0 fully saturated rings. The zero-order valence-electron chi connectivity index (χ0n) is 20.3. The van der Waals surface area contributed by atoms with E-state index in [1.54, 1.807) is 12.1 Å². The lowest BCUT2D eigenvalue weighted by molar-refractivity contribution is 0.0387. The number of carbonyl (C=O) groups excluding carboxylic acids is 1. The molecule has 2 aromatic carbocycles. The Morgan fingerprint density at radius 2 is 1.73 bits per heavy atom. The molecule has 37 heavy (non-hydrogen) atoms. The lowest BCUT2D eigenvalue weighted by atomic mass is 10.1. The van der Waals surface area contributed by atoms with Gasteiger partial charge in [0.2, 0.25) is 0 Å². The van der Waals surface area contributed by atoms with E-state index in [0.717, 1.165) is 6.26 Å². The van der Waals surface area contributed by atoms with E-state index in [0.29, 0.717) is 16.9 Å². The van der Waals surface area contributed by atoms with Gasteiger partial charge in [0, 0.05) is 28.7 Å². The monoisotopic (exact) mass is 639 g/mol. The minimum atomic E-state index is -4.88. The van der Waals surface area contributed by atoms with Crippen LogP contribution in [0.2, 0.25) is 0 Å². The molecule has 14 heteroatoms. The van der Waals surface area contributed by atoms with Crippen LogP contribution in [0.25, 0.3) is 10.1 Å². The summed E-state index contributed by atoms with van der Waals surface area (Å²) in [4.78, 5) is 11.9. The summed E-state index contributed by atoms with van der Waals surface area (Å²) in [6.45, 7) is 2.34. The number of hydrogen-bond acceptors (Lipinski definition) is 8. The number of alkyl halides is 2. The van der Waals surface area contributed by atoms with Crippen molar-refractivity contribution in [3.63, 3.8) is 0 Å². The maximum atomic E-state index is 15.6. The van der Waals surface area contributed by atoms with Gasteiger partial charge in [0.25, 0.3) is 5.91 Å². The highest BCUT2D eigenvalue weighted by molar-refractivity contribution is 9.10. The van der Waals surface area contributed by atoms with Gasteiger partial charge < -0.3 is 19.1 Å². The first kappa shape index (κ1) is 29.7. The highest BCUT2D eigenvalue weighted by Crippen LogP contribution is 2.69. The van der Waals surface area contributed by atoms with Crippen molar-refractivity contribution in [3.8, 4) is 5.75 Å². The van der Waals surface area contributed by atoms with Crippen molar-refractivity contribution in [2.75, 3.05) is 26.5 Å². The number of sulfone groups is 1. The van der Waals surface area contributed by atoms with Gasteiger partial charge in [-0.05, 0) is 59.6 Å². The Morgan fingerprint density at radius 3 is 2.24 bits per heavy atom. The van der Waals surface area contributed by atoms with E-state index in [1.165, 1.54) is 45.2 Å². The third-order valence-electron chi connectivity index (χ3n) is 5.15. The summed E-state index contributed by atoms with van der Waals surface area (Å²) >= 11 is 3.84. The van der Waals surface area contributed by atoms with Crippen molar-refractivity contribution in [1.29, 1.82) is 0 Å². The van der Waals surface area contributed by atoms with Crippen molar-refractivity contribution >= 4 is 60.7 Å². The Labute approximate surface area is 225 Å². The number of carbonyl (C=O) groups is 1. The molecule has 0 aliphatic heterocycles. The van der Waals surface area contributed by atoms with Crippen molar-refractivity contribution in [3.05, 3.63) is 56.9 Å². The summed E-state index contributed by atoms with van der Waals surface area (Å²) in [6.07, 6.45) is 1.09. The standard InChI is InChI=1S/C23H25BrF2NO7PS2/c1-5-33-35(29,34-6-2)23(25,26)21-19(24)17-11-15(22(28)27-3)12-18(20(17)36-21)32-13-14-7-9-16(10-8-14)37(4,30)31/h7-12H,5-6,13H2,1-4H3,(H,27,28). The predicted molar refractivity (Wildman–Crippen MR) is 142 cm³/mol. The normalized spacial score (nSPS) is 12.6. The van der Waals surface area contributed by atoms with Crippen LogP contribution < -0.4 is 10.1 Å². The fourth-order valence-electron chi connectivity index (χ4n) is 3.37. The first-order valence-electron chi connectivity index (χ1n) is 11.0. The van der Waals surface area contributed by atoms with Crippen LogP contribution in [0, 0.1) is 0 Å². The quantitative estimate of drug-likeness (QED) is 0.245. The summed E-state index contributed by atoms with van der Waals surface area (Å²) in [5.74, 6) is -0.330. The van der Waals surface area contributed by atoms with Crippen LogP contribution in [-0.4, -0.2) is 40.8 Å². The number of hydrogen-bond donors (Lipinski definition) is 1. The second-order valence-electron chi connectivity index (χ2n) is 7.75. The van der Waals surface area contributed by atoms with Gasteiger partial charge in [0.15, 0.2) is 9.84 Å². The van der Waals surface area contributed by atoms with Crippen LogP contribution in [0.3, 0.4) is 0 Å². The Morgan fingerprint density at radius 1 is 1.14 bits per heavy atom. The largest absolute Gasteiger partial charge is 0.487 e. The third kappa shape index (κ3) is 6.07. The number of benzene rings is 2. The van der Waals surface area contributed by atoms with E-state index >= 15 is 8.78 Å². The van der Waals surface area contributed by atoms with Gasteiger partial charge in [-0.1, -0.05) is 12.1 Å². The first-order chi connectivity index (χ1) is 17.3. The number of rotatable bonds is 11. The molecular formula is C23H25BrF2NO7PS2. The van der Waals surface area contributed by atoms with E-state index in [-0.39, 0.29) is 50.6 Å². The van der Waals surface area contributed by atoms with Gasteiger partial charge in [-0.25, -0.2) is 8.42 Å².